The van der Waals surface area contributed by atoms with Crippen LogP contribution in [0.5, 0.6) is 0 Å². The van der Waals surface area contributed by atoms with Gasteiger partial charge < -0.3 is 9.80 Å². The Balaban J connectivity index is 1.76. The number of hydrogen-bond acceptors (Lipinski definition) is 2. The van der Waals surface area contributed by atoms with Gasteiger partial charge in [-0.15, -0.1) is 0 Å². The average Bonchev–Trinajstić information content (AvgIpc) is 2.88. The van der Waals surface area contributed by atoms with E-state index in [2.05, 4.69) is 0 Å². The first kappa shape index (κ1) is 12.2. The lowest BCUT2D eigenvalue weighted by atomic mass is 10.1. The summed E-state index contributed by atoms with van der Waals surface area (Å²) >= 11 is 0. The molecule has 0 aromatic heterocycles. The van der Waals surface area contributed by atoms with E-state index in [4.69, 9.17) is 0 Å². The molecule has 0 radical (unpaired) electrons. The topological polar surface area (TPSA) is 40.6 Å². The Kier molecular flexibility index (Phi) is 3.01. The summed E-state index contributed by atoms with van der Waals surface area (Å²) in [5, 5.41) is 0. The summed E-state index contributed by atoms with van der Waals surface area (Å²) in [5.41, 5.74) is 2.28. The van der Waals surface area contributed by atoms with Crippen molar-refractivity contribution in [3.8, 4) is 0 Å². The molecule has 0 bridgehead atoms. The van der Waals surface area contributed by atoms with Gasteiger partial charge in [-0.25, -0.2) is 0 Å². The molecule has 4 nitrogen and oxygen atoms in total. The largest absolute Gasteiger partial charge is 0.329 e. The maximum absolute atomic E-state index is 12.4. The molecule has 2 fully saturated rings. The number of amides is 2. The van der Waals surface area contributed by atoms with E-state index in [0.717, 1.165) is 24.9 Å². The summed E-state index contributed by atoms with van der Waals surface area (Å²) in [6, 6.07) is 7.91. The summed E-state index contributed by atoms with van der Waals surface area (Å²) in [6.07, 6.45) is 1.76. The van der Waals surface area contributed by atoms with Gasteiger partial charge in [0.25, 0.3) is 0 Å². The molecule has 0 aliphatic carbocycles. The molecule has 1 atom stereocenters. The van der Waals surface area contributed by atoms with Crippen LogP contribution in [0.2, 0.25) is 0 Å². The number of benzene rings is 1. The minimum atomic E-state index is -0.202. The Morgan fingerprint density at radius 2 is 1.95 bits per heavy atom. The fraction of sp³-hybridized carbons (Fsp3) is 0.467. The summed E-state index contributed by atoms with van der Waals surface area (Å²) in [7, 11) is 0. The first-order chi connectivity index (χ1) is 9.15. The first-order valence-corrected chi connectivity index (χ1v) is 6.79. The van der Waals surface area contributed by atoms with Crippen LogP contribution in [0.15, 0.2) is 24.3 Å². The normalized spacial score (nSPS) is 22.9. The van der Waals surface area contributed by atoms with Crippen LogP contribution in [0.4, 0.5) is 0 Å². The third kappa shape index (κ3) is 2.23. The van der Waals surface area contributed by atoms with Crippen LogP contribution < -0.4 is 0 Å². The molecule has 1 aromatic rings. The monoisotopic (exact) mass is 258 g/mol. The molecule has 4 heteroatoms. The van der Waals surface area contributed by atoms with E-state index in [0.29, 0.717) is 6.54 Å². The van der Waals surface area contributed by atoms with Crippen LogP contribution in [0.3, 0.4) is 0 Å². The van der Waals surface area contributed by atoms with Crippen molar-refractivity contribution in [2.75, 3.05) is 13.1 Å². The van der Waals surface area contributed by atoms with Crippen molar-refractivity contribution in [3.05, 3.63) is 35.4 Å². The zero-order valence-corrected chi connectivity index (χ0v) is 11.1. The van der Waals surface area contributed by atoms with Crippen LogP contribution in [0.1, 0.15) is 24.0 Å². The second-order valence-electron chi connectivity index (χ2n) is 5.43. The van der Waals surface area contributed by atoms with E-state index in [-0.39, 0.29) is 24.4 Å². The zero-order valence-electron chi connectivity index (χ0n) is 11.1. The Labute approximate surface area is 113 Å². The van der Waals surface area contributed by atoms with Gasteiger partial charge in [-0.05, 0) is 25.3 Å². The van der Waals surface area contributed by atoms with Gasteiger partial charge in [-0.3, -0.25) is 9.59 Å². The van der Waals surface area contributed by atoms with Crippen LogP contribution in [0.25, 0.3) is 0 Å². The molecule has 2 aliphatic rings. The lowest BCUT2D eigenvalue weighted by Gasteiger charge is -2.36. The lowest BCUT2D eigenvalue weighted by Crippen LogP contribution is -2.56. The SMILES string of the molecule is Cc1ccc(CN2CC(=O)N3CCC[C@@H]3C2=O)cc1. The van der Waals surface area contributed by atoms with Crippen LogP contribution in [-0.4, -0.2) is 40.7 Å². The number of carbonyl (C=O) groups is 2. The fourth-order valence-electron chi connectivity index (χ4n) is 2.91. The number of hydrogen-bond donors (Lipinski definition) is 0. The van der Waals surface area contributed by atoms with Crippen LogP contribution in [0, 0.1) is 6.92 Å². The van der Waals surface area contributed by atoms with Crippen molar-refractivity contribution in [2.45, 2.75) is 32.4 Å². The van der Waals surface area contributed by atoms with Gasteiger partial charge in [-0.1, -0.05) is 29.8 Å². The Morgan fingerprint density at radius 3 is 2.68 bits per heavy atom. The summed E-state index contributed by atoms with van der Waals surface area (Å²) in [4.78, 5) is 27.8. The van der Waals surface area contributed by atoms with Gasteiger partial charge in [0.05, 0.1) is 0 Å². The summed E-state index contributed by atoms with van der Waals surface area (Å²) in [5.74, 6) is 0.201. The molecule has 2 aliphatic heterocycles. The number of rotatable bonds is 2. The highest BCUT2D eigenvalue weighted by atomic mass is 16.2. The lowest BCUT2D eigenvalue weighted by molar-refractivity contribution is -0.154. The maximum atomic E-state index is 12.4. The van der Waals surface area contributed by atoms with Gasteiger partial charge in [-0.2, -0.15) is 0 Å². The van der Waals surface area contributed by atoms with E-state index in [1.807, 2.05) is 31.2 Å². The number of fused-ring (bicyclic) bond motifs is 1. The Hall–Kier alpha value is -1.84. The molecule has 2 amide bonds. The van der Waals surface area contributed by atoms with E-state index in [9.17, 15) is 9.59 Å². The van der Waals surface area contributed by atoms with E-state index in [1.165, 1.54) is 5.56 Å². The Bertz CT molecular complexity index is 509. The molecule has 0 saturated carbocycles. The molecule has 0 N–H and O–H groups in total. The second-order valence-corrected chi connectivity index (χ2v) is 5.43. The van der Waals surface area contributed by atoms with Crippen LogP contribution >= 0.6 is 0 Å². The maximum Gasteiger partial charge on any atom is 0.246 e. The van der Waals surface area contributed by atoms with Crippen molar-refractivity contribution in [1.82, 2.24) is 9.80 Å². The summed E-state index contributed by atoms with van der Waals surface area (Å²) in [6.45, 7) is 3.54. The number of piperazine rings is 1. The Morgan fingerprint density at radius 1 is 1.21 bits per heavy atom. The van der Waals surface area contributed by atoms with E-state index >= 15 is 0 Å². The van der Waals surface area contributed by atoms with Crippen molar-refractivity contribution in [2.24, 2.45) is 0 Å². The van der Waals surface area contributed by atoms with E-state index in [1.54, 1.807) is 9.80 Å². The van der Waals surface area contributed by atoms with Crippen molar-refractivity contribution >= 4 is 11.8 Å². The molecule has 2 saturated heterocycles. The van der Waals surface area contributed by atoms with Gasteiger partial charge in [0, 0.05) is 13.1 Å². The van der Waals surface area contributed by atoms with Crippen molar-refractivity contribution in [1.29, 1.82) is 0 Å². The van der Waals surface area contributed by atoms with Gasteiger partial charge in [0.2, 0.25) is 11.8 Å². The van der Waals surface area contributed by atoms with Crippen LogP contribution in [-0.2, 0) is 16.1 Å². The smallest absolute Gasteiger partial charge is 0.246 e. The standard InChI is InChI=1S/C15H18N2O2/c1-11-4-6-12(7-5-11)9-16-10-14(18)17-8-2-3-13(17)15(16)19/h4-7,13H,2-3,8-10H2,1H3/t13-/m1/s1. The molecule has 1 aromatic carbocycles. The quantitative estimate of drug-likeness (QED) is 0.803. The molecule has 0 spiro atoms. The predicted octanol–water partition coefficient (Wildman–Crippen LogP) is 1.33. The highest BCUT2D eigenvalue weighted by molar-refractivity contribution is 5.95. The van der Waals surface area contributed by atoms with Gasteiger partial charge in [0.1, 0.15) is 12.6 Å². The minimum Gasteiger partial charge on any atom is -0.329 e. The number of carbonyl (C=O) groups excluding carboxylic acids is 2. The molecule has 19 heavy (non-hydrogen) atoms. The van der Waals surface area contributed by atoms with E-state index < -0.39 is 0 Å². The first-order valence-electron chi connectivity index (χ1n) is 6.79. The molecule has 0 unspecified atom stereocenters. The zero-order chi connectivity index (χ0) is 13.4. The molecule has 3 rings (SSSR count). The van der Waals surface area contributed by atoms with Gasteiger partial charge in [0.15, 0.2) is 0 Å². The highest BCUT2D eigenvalue weighted by Crippen LogP contribution is 2.24. The third-order valence-electron chi connectivity index (χ3n) is 3.99. The predicted molar refractivity (Wildman–Crippen MR) is 71.3 cm³/mol. The molecular formula is C15H18N2O2. The molecule has 2 heterocycles. The van der Waals surface area contributed by atoms with Gasteiger partial charge >= 0.3 is 0 Å². The molecular weight excluding hydrogens is 240 g/mol. The molecule has 100 valence electrons. The third-order valence-corrected chi connectivity index (χ3v) is 3.99. The number of nitrogens with zero attached hydrogens (tertiary/aromatic N) is 2. The fourth-order valence-corrected chi connectivity index (χ4v) is 2.91. The van der Waals surface area contributed by atoms with Crippen molar-refractivity contribution in [3.63, 3.8) is 0 Å². The van der Waals surface area contributed by atoms with Crippen molar-refractivity contribution < 1.29 is 9.59 Å². The highest BCUT2D eigenvalue weighted by Gasteiger charge is 2.41. The second kappa shape index (κ2) is 4.68. The average molecular weight is 258 g/mol. The summed E-state index contributed by atoms with van der Waals surface area (Å²) < 4.78 is 0. The number of aryl methyl sites for hydroxylation is 1. The minimum absolute atomic E-state index is 0.0919.